The van der Waals surface area contributed by atoms with Crippen LogP contribution < -0.4 is 22.9 Å². The molecule has 0 radical (unpaired) electrons. The van der Waals surface area contributed by atoms with Gasteiger partial charge in [0, 0.05) is 6.42 Å². The monoisotopic (exact) mass is 256 g/mol. The molecule has 0 spiro atoms. The molecule has 0 heterocycles. The van der Waals surface area contributed by atoms with E-state index in [0.717, 1.165) is 22.3 Å². The third kappa shape index (κ3) is 2.29. The molecule has 19 heavy (non-hydrogen) atoms. The standard InChI is InChI=1S/C15H20N4/c1-8-3-5-10(14(18)12(8)16)7-11-6-4-9(2)13(17)15(11)19/h3-6H,7,16-19H2,1-2H3. The molecule has 4 heteroatoms. The Bertz CT molecular complexity index is 577. The summed E-state index contributed by atoms with van der Waals surface area (Å²) < 4.78 is 0. The van der Waals surface area contributed by atoms with Crippen molar-refractivity contribution < 1.29 is 0 Å². The second-order valence-corrected chi connectivity index (χ2v) is 4.91. The number of anilines is 4. The average Bonchev–Trinajstić information content (AvgIpc) is 2.39. The van der Waals surface area contributed by atoms with Gasteiger partial charge < -0.3 is 22.9 Å². The van der Waals surface area contributed by atoms with Crippen molar-refractivity contribution in [1.29, 1.82) is 0 Å². The second-order valence-electron chi connectivity index (χ2n) is 4.91. The summed E-state index contributed by atoms with van der Waals surface area (Å²) in [7, 11) is 0. The quantitative estimate of drug-likeness (QED) is 0.618. The Morgan fingerprint density at radius 3 is 1.37 bits per heavy atom. The third-order valence-corrected chi connectivity index (χ3v) is 3.57. The maximum Gasteiger partial charge on any atom is 0.0586 e. The van der Waals surface area contributed by atoms with Crippen LogP contribution in [0.3, 0.4) is 0 Å². The van der Waals surface area contributed by atoms with Gasteiger partial charge in [0.15, 0.2) is 0 Å². The normalized spacial score (nSPS) is 10.6. The first-order valence-electron chi connectivity index (χ1n) is 6.18. The number of aryl methyl sites for hydroxylation is 2. The van der Waals surface area contributed by atoms with Crippen molar-refractivity contribution in [2.75, 3.05) is 22.9 Å². The van der Waals surface area contributed by atoms with Crippen molar-refractivity contribution in [3.63, 3.8) is 0 Å². The Morgan fingerprint density at radius 1 is 0.632 bits per heavy atom. The molecule has 100 valence electrons. The Morgan fingerprint density at radius 2 is 1.00 bits per heavy atom. The van der Waals surface area contributed by atoms with Crippen LogP contribution in [0.2, 0.25) is 0 Å². The maximum absolute atomic E-state index is 6.05. The molecular weight excluding hydrogens is 236 g/mol. The highest BCUT2D eigenvalue weighted by atomic mass is 14.7. The molecule has 2 aromatic rings. The number of nitrogens with two attached hydrogens (primary N) is 4. The van der Waals surface area contributed by atoms with Crippen LogP contribution in [0.25, 0.3) is 0 Å². The molecule has 0 unspecified atom stereocenters. The van der Waals surface area contributed by atoms with E-state index >= 15 is 0 Å². The molecule has 4 nitrogen and oxygen atoms in total. The number of rotatable bonds is 2. The van der Waals surface area contributed by atoms with Crippen molar-refractivity contribution in [2.24, 2.45) is 0 Å². The highest BCUT2D eigenvalue weighted by Gasteiger charge is 2.10. The summed E-state index contributed by atoms with van der Waals surface area (Å²) in [6.07, 6.45) is 0.632. The van der Waals surface area contributed by atoms with Crippen molar-refractivity contribution in [3.8, 4) is 0 Å². The number of benzene rings is 2. The molecule has 0 bridgehead atoms. The fourth-order valence-corrected chi connectivity index (χ4v) is 2.09. The van der Waals surface area contributed by atoms with E-state index in [1.807, 2.05) is 38.1 Å². The number of hydrogen-bond donors (Lipinski definition) is 4. The van der Waals surface area contributed by atoms with E-state index in [0.29, 0.717) is 29.2 Å². The molecule has 0 atom stereocenters. The van der Waals surface area contributed by atoms with E-state index in [1.54, 1.807) is 0 Å². The van der Waals surface area contributed by atoms with Crippen LogP contribution in [0.4, 0.5) is 22.7 Å². The lowest BCUT2D eigenvalue weighted by atomic mass is 9.97. The zero-order valence-corrected chi connectivity index (χ0v) is 11.3. The second kappa shape index (κ2) is 4.72. The van der Waals surface area contributed by atoms with Gasteiger partial charge in [-0.3, -0.25) is 0 Å². The largest absolute Gasteiger partial charge is 0.397 e. The molecule has 8 N–H and O–H groups in total. The lowest BCUT2D eigenvalue weighted by Crippen LogP contribution is -2.06. The van der Waals surface area contributed by atoms with Gasteiger partial charge in [0.25, 0.3) is 0 Å². The van der Waals surface area contributed by atoms with Gasteiger partial charge in [0.1, 0.15) is 0 Å². The van der Waals surface area contributed by atoms with Crippen LogP contribution in [0, 0.1) is 13.8 Å². The zero-order chi connectivity index (χ0) is 14.2. The fourth-order valence-electron chi connectivity index (χ4n) is 2.09. The smallest absolute Gasteiger partial charge is 0.0586 e. The Labute approximate surface area is 113 Å². The first-order chi connectivity index (χ1) is 8.91. The van der Waals surface area contributed by atoms with Crippen LogP contribution in [-0.2, 0) is 6.42 Å². The van der Waals surface area contributed by atoms with E-state index in [1.165, 1.54) is 0 Å². The molecule has 0 aliphatic heterocycles. The minimum atomic E-state index is 0.624. The SMILES string of the molecule is Cc1ccc(Cc2ccc(C)c(N)c2N)c(N)c1N. The van der Waals surface area contributed by atoms with E-state index in [4.69, 9.17) is 22.9 Å². The molecule has 0 aliphatic rings. The van der Waals surface area contributed by atoms with E-state index < -0.39 is 0 Å². The summed E-state index contributed by atoms with van der Waals surface area (Å²) in [5.74, 6) is 0. The lowest BCUT2D eigenvalue weighted by molar-refractivity contribution is 1.19. The van der Waals surface area contributed by atoms with Crippen molar-refractivity contribution in [3.05, 3.63) is 46.5 Å². The summed E-state index contributed by atoms with van der Waals surface area (Å²) in [5.41, 5.74) is 30.4. The molecule has 0 fully saturated rings. The number of nitrogen functional groups attached to an aromatic ring is 4. The van der Waals surface area contributed by atoms with Crippen LogP contribution in [0.1, 0.15) is 22.3 Å². The third-order valence-electron chi connectivity index (χ3n) is 3.57. The molecule has 0 amide bonds. The summed E-state index contributed by atoms with van der Waals surface area (Å²) in [4.78, 5) is 0. The summed E-state index contributed by atoms with van der Waals surface area (Å²) in [6, 6.07) is 7.90. The van der Waals surface area contributed by atoms with Gasteiger partial charge in [0.05, 0.1) is 22.7 Å². The Kier molecular flexibility index (Phi) is 3.25. The molecule has 0 aliphatic carbocycles. The number of hydrogen-bond acceptors (Lipinski definition) is 4. The summed E-state index contributed by atoms with van der Waals surface area (Å²) in [5, 5.41) is 0. The van der Waals surface area contributed by atoms with Gasteiger partial charge in [-0.15, -0.1) is 0 Å². The Hall–Kier alpha value is -2.36. The first kappa shape index (κ1) is 13.1. The summed E-state index contributed by atoms with van der Waals surface area (Å²) in [6.45, 7) is 3.88. The average molecular weight is 256 g/mol. The highest BCUT2D eigenvalue weighted by molar-refractivity contribution is 5.74. The van der Waals surface area contributed by atoms with Crippen molar-refractivity contribution >= 4 is 22.7 Å². The van der Waals surface area contributed by atoms with Crippen molar-refractivity contribution in [1.82, 2.24) is 0 Å². The van der Waals surface area contributed by atoms with E-state index in [2.05, 4.69) is 0 Å². The minimum Gasteiger partial charge on any atom is -0.397 e. The fraction of sp³-hybridized carbons (Fsp3) is 0.200. The van der Waals surface area contributed by atoms with E-state index in [9.17, 15) is 0 Å². The molecule has 2 rings (SSSR count). The van der Waals surface area contributed by atoms with Gasteiger partial charge in [-0.25, -0.2) is 0 Å². The maximum atomic E-state index is 6.05. The Balaban J connectivity index is 2.43. The van der Waals surface area contributed by atoms with Gasteiger partial charge in [-0.05, 0) is 36.1 Å². The van der Waals surface area contributed by atoms with Gasteiger partial charge in [-0.1, -0.05) is 24.3 Å². The predicted octanol–water partition coefficient (Wildman–Crippen LogP) is 2.22. The van der Waals surface area contributed by atoms with Crippen molar-refractivity contribution in [2.45, 2.75) is 20.3 Å². The van der Waals surface area contributed by atoms with Gasteiger partial charge in [0.2, 0.25) is 0 Å². The van der Waals surface area contributed by atoms with E-state index in [-0.39, 0.29) is 0 Å². The first-order valence-corrected chi connectivity index (χ1v) is 6.18. The summed E-state index contributed by atoms with van der Waals surface area (Å²) >= 11 is 0. The van der Waals surface area contributed by atoms with Crippen LogP contribution in [0.5, 0.6) is 0 Å². The van der Waals surface area contributed by atoms with Crippen LogP contribution >= 0.6 is 0 Å². The molecule has 0 aromatic heterocycles. The van der Waals surface area contributed by atoms with Crippen LogP contribution in [0.15, 0.2) is 24.3 Å². The zero-order valence-electron chi connectivity index (χ0n) is 11.3. The molecule has 0 saturated heterocycles. The molecule has 0 saturated carbocycles. The van der Waals surface area contributed by atoms with Gasteiger partial charge in [-0.2, -0.15) is 0 Å². The molecular formula is C15H20N4. The van der Waals surface area contributed by atoms with Gasteiger partial charge >= 0.3 is 0 Å². The molecule has 2 aromatic carbocycles. The minimum absolute atomic E-state index is 0.624. The predicted molar refractivity (Wildman–Crippen MR) is 82.8 cm³/mol. The highest BCUT2D eigenvalue weighted by Crippen LogP contribution is 2.30. The van der Waals surface area contributed by atoms with Crippen LogP contribution in [-0.4, -0.2) is 0 Å². The lowest BCUT2D eigenvalue weighted by Gasteiger charge is -2.14. The topological polar surface area (TPSA) is 104 Å².